The molecule has 1 nitrogen and oxygen atoms in total. The van der Waals surface area contributed by atoms with Gasteiger partial charge in [-0.2, -0.15) is 0 Å². The van der Waals surface area contributed by atoms with E-state index >= 15 is 0 Å². The van der Waals surface area contributed by atoms with Crippen LogP contribution in [0.25, 0.3) is 0 Å². The van der Waals surface area contributed by atoms with Gasteiger partial charge in [-0.1, -0.05) is 30.3 Å². The highest BCUT2D eigenvalue weighted by Crippen LogP contribution is 2.35. The molecule has 0 saturated carbocycles. The molecular formula is C14H14ClNS. The minimum Gasteiger partial charge on any atom is -0.245 e. The normalized spacial score (nSPS) is 19.0. The lowest BCUT2D eigenvalue weighted by atomic mass is 9.85. The van der Waals surface area contributed by atoms with E-state index in [1.54, 1.807) is 11.3 Å². The van der Waals surface area contributed by atoms with E-state index in [-0.39, 0.29) is 0 Å². The summed E-state index contributed by atoms with van der Waals surface area (Å²) in [4.78, 5) is 6.03. The Morgan fingerprint density at radius 1 is 1.29 bits per heavy atom. The van der Waals surface area contributed by atoms with E-state index in [0.717, 1.165) is 17.8 Å². The van der Waals surface area contributed by atoms with Gasteiger partial charge >= 0.3 is 0 Å². The predicted molar refractivity (Wildman–Crippen MR) is 72.9 cm³/mol. The van der Waals surface area contributed by atoms with Crippen molar-refractivity contribution in [3.05, 3.63) is 51.5 Å². The second-order valence-electron chi connectivity index (χ2n) is 4.46. The van der Waals surface area contributed by atoms with Crippen LogP contribution in [-0.4, -0.2) is 4.98 Å². The van der Waals surface area contributed by atoms with Crippen LogP contribution in [-0.2, 0) is 18.7 Å². The van der Waals surface area contributed by atoms with Crippen LogP contribution >= 0.6 is 22.9 Å². The lowest BCUT2D eigenvalue weighted by Crippen LogP contribution is -2.11. The standard InChI is InChI=1S/C14H14ClNS/c15-9-14-16-12-7-6-11(8-13(12)17-14)10-4-2-1-3-5-10/h1-5,11H,6-9H2. The van der Waals surface area contributed by atoms with Crippen molar-refractivity contribution in [3.8, 4) is 0 Å². The molecule has 1 aliphatic rings. The van der Waals surface area contributed by atoms with Gasteiger partial charge in [-0.25, -0.2) is 4.98 Å². The Kier molecular flexibility index (Phi) is 3.17. The van der Waals surface area contributed by atoms with E-state index in [2.05, 4.69) is 35.3 Å². The first kappa shape index (κ1) is 11.2. The molecule has 0 bridgehead atoms. The molecule has 2 aromatic rings. The molecule has 3 rings (SSSR count). The Hall–Kier alpha value is -0.860. The molecule has 17 heavy (non-hydrogen) atoms. The molecule has 88 valence electrons. The highest BCUT2D eigenvalue weighted by molar-refractivity contribution is 7.12. The zero-order valence-corrected chi connectivity index (χ0v) is 11.1. The maximum Gasteiger partial charge on any atom is 0.108 e. The second-order valence-corrected chi connectivity index (χ2v) is 5.90. The fourth-order valence-corrected chi connectivity index (χ4v) is 3.76. The summed E-state index contributed by atoms with van der Waals surface area (Å²) in [7, 11) is 0. The molecule has 1 heterocycles. The monoisotopic (exact) mass is 263 g/mol. The summed E-state index contributed by atoms with van der Waals surface area (Å²) in [6.07, 6.45) is 3.44. The largest absolute Gasteiger partial charge is 0.245 e. The molecular weight excluding hydrogens is 250 g/mol. The number of aryl methyl sites for hydroxylation is 1. The number of benzene rings is 1. The van der Waals surface area contributed by atoms with Gasteiger partial charge in [-0.05, 0) is 30.7 Å². The van der Waals surface area contributed by atoms with Crippen molar-refractivity contribution in [2.24, 2.45) is 0 Å². The molecule has 1 aromatic carbocycles. The first-order chi connectivity index (χ1) is 8.36. The van der Waals surface area contributed by atoms with E-state index in [9.17, 15) is 0 Å². The van der Waals surface area contributed by atoms with Gasteiger partial charge < -0.3 is 0 Å². The molecule has 1 unspecified atom stereocenters. The van der Waals surface area contributed by atoms with Gasteiger partial charge in [-0.3, -0.25) is 0 Å². The molecule has 0 radical (unpaired) electrons. The van der Waals surface area contributed by atoms with Crippen LogP contribution in [0.4, 0.5) is 0 Å². The number of fused-ring (bicyclic) bond motifs is 1. The number of aromatic nitrogens is 1. The highest BCUT2D eigenvalue weighted by atomic mass is 35.5. The van der Waals surface area contributed by atoms with Crippen LogP contribution < -0.4 is 0 Å². The van der Waals surface area contributed by atoms with E-state index in [1.807, 2.05) is 0 Å². The summed E-state index contributed by atoms with van der Waals surface area (Å²) in [6, 6.07) is 10.8. The van der Waals surface area contributed by atoms with Gasteiger partial charge in [0, 0.05) is 4.88 Å². The van der Waals surface area contributed by atoms with Gasteiger partial charge in [-0.15, -0.1) is 22.9 Å². The third-order valence-electron chi connectivity index (χ3n) is 3.37. The Morgan fingerprint density at radius 3 is 2.88 bits per heavy atom. The van der Waals surface area contributed by atoms with Crippen molar-refractivity contribution in [2.75, 3.05) is 0 Å². The third-order valence-corrected chi connectivity index (χ3v) is 4.90. The number of rotatable bonds is 2. The topological polar surface area (TPSA) is 12.9 Å². The van der Waals surface area contributed by atoms with E-state index in [1.165, 1.54) is 22.6 Å². The summed E-state index contributed by atoms with van der Waals surface area (Å²) in [5.74, 6) is 1.21. The Balaban J connectivity index is 1.85. The van der Waals surface area contributed by atoms with Gasteiger partial charge in [0.25, 0.3) is 0 Å². The average Bonchev–Trinajstić information content (AvgIpc) is 2.81. The molecule has 0 saturated heterocycles. The van der Waals surface area contributed by atoms with Crippen LogP contribution in [0.2, 0.25) is 0 Å². The van der Waals surface area contributed by atoms with Gasteiger partial charge in [0.1, 0.15) is 5.01 Å². The summed E-state index contributed by atoms with van der Waals surface area (Å²) >= 11 is 7.64. The smallest absolute Gasteiger partial charge is 0.108 e. The number of thiazole rings is 1. The number of nitrogens with zero attached hydrogens (tertiary/aromatic N) is 1. The Bertz CT molecular complexity index is 506. The van der Waals surface area contributed by atoms with Crippen molar-refractivity contribution >= 4 is 22.9 Å². The molecule has 0 N–H and O–H groups in total. The first-order valence-electron chi connectivity index (χ1n) is 5.95. The van der Waals surface area contributed by atoms with Crippen LogP contribution in [0.15, 0.2) is 30.3 Å². The number of halogens is 1. The summed E-state index contributed by atoms with van der Waals surface area (Å²) in [5.41, 5.74) is 2.75. The van der Waals surface area contributed by atoms with E-state index in [4.69, 9.17) is 11.6 Å². The summed E-state index contributed by atoms with van der Waals surface area (Å²) < 4.78 is 0. The van der Waals surface area contributed by atoms with Crippen molar-refractivity contribution in [3.63, 3.8) is 0 Å². The zero-order chi connectivity index (χ0) is 11.7. The molecule has 0 spiro atoms. The van der Waals surface area contributed by atoms with Crippen LogP contribution in [0.1, 0.15) is 33.5 Å². The van der Waals surface area contributed by atoms with Crippen molar-refractivity contribution in [2.45, 2.75) is 31.1 Å². The highest BCUT2D eigenvalue weighted by Gasteiger charge is 2.23. The molecule has 1 aromatic heterocycles. The van der Waals surface area contributed by atoms with Gasteiger partial charge in [0.2, 0.25) is 0 Å². The molecule has 1 aliphatic carbocycles. The van der Waals surface area contributed by atoms with Crippen molar-refractivity contribution in [1.82, 2.24) is 4.98 Å². The maximum atomic E-state index is 5.85. The lowest BCUT2D eigenvalue weighted by Gasteiger charge is -2.21. The average molecular weight is 264 g/mol. The molecule has 1 atom stereocenters. The number of hydrogen-bond acceptors (Lipinski definition) is 2. The number of hydrogen-bond donors (Lipinski definition) is 0. The van der Waals surface area contributed by atoms with Crippen molar-refractivity contribution < 1.29 is 0 Å². The fourth-order valence-electron chi connectivity index (χ4n) is 2.50. The molecule has 0 amide bonds. The zero-order valence-electron chi connectivity index (χ0n) is 9.53. The van der Waals surface area contributed by atoms with E-state index < -0.39 is 0 Å². The van der Waals surface area contributed by atoms with Gasteiger partial charge in [0.15, 0.2) is 0 Å². The van der Waals surface area contributed by atoms with Gasteiger partial charge in [0.05, 0.1) is 11.6 Å². The SMILES string of the molecule is ClCc1nc2c(s1)CC(c1ccccc1)CC2. The molecule has 3 heteroatoms. The van der Waals surface area contributed by atoms with E-state index in [0.29, 0.717) is 11.8 Å². The summed E-state index contributed by atoms with van der Waals surface area (Å²) in [6.45, 7) is 0. The second kappa shape index (κ2) is 4.79. The Labute approximate surface area is 110 Å². The van der Waals surface area contributed by atoms with Crippen LogP contribution in [0.3, 0.4) is 0 Å². The molecule has 0 aliphatic heterocycles. The number of alkyl halides is 1. The van der Waals surface area contributed by atoms with Crippen LogP contribution in [0.5, 0.6) is 0 Å². The Morgan fingerprint density at radius 2 is 2.12 bits per heavy atom. The fraction of sp³-hybridized carbons (Fsp3) is 0.357. The minimum atomic E-state index is 0.549. The predicted octanol–water partition coefficient (Wildman–Crippen LogP) is 4.15. The minimum absolute atomic E-state index is 0.549. The van der Waals surface area contributed by atoms with Crippen molar-refractivity contribution in [1.29, 1.82) is 0 Å². The lowest BCUT2D eigenvalue weighted by molar-refractivity contribution is 0.584. The maximum absolute atomic E-state index is 5.85. The van der Waals surface area contributed by atoms with Crippen LogP contribution in [0, 0.1) is 0 Å². The quantitative estimate of drug-likeness (QED) is 0.742. The third kappa shape index (κ3) is 2.24. The molecule has 0 fully saturated rings. The summed E-state index contributed by atoms with van der Waals surface area (Å²) in [5, 5.41) is 1.07. The first-order valence-corrected chi connectivity index (χ1v) is 7.30.